The second-order valence-electron chi connectivity index (χ2n) is 3.52. The van der Waals surface area contributed by atoms with Gasteiger partial charge < -0.3 is 4.90 Å². The summed E-state index contributed by atoms with van der Waals surface area (Å²) in [7, 11) is 1.68. The van der Waals surface area contributed by atoms with Crippen molar-refractivity contribution < 1.29 is 4.92 Å². The van der Waals surface area contributed by atoms with Crippen LogP contribution in [0.3, 0.4) is 0 Å². The predicted octanol–water partition coefficient (Wildman–Crippen LogP) is 1.95. The maximum absolute atomic E-state index is 10.9. The molecule has 0 amide bonds. The molecule has 0 aromatic heterocycles. The second kappa shape index (κ2) is 3.66. The number of nitriles is 1. The molecule has 1 aliphatic rings. The number of nitro groups is 1. The third-order valence-corrected chi connectivity index (χ3v) is 2.60. The Morgan fingerprint density at radius 1 is 1.56 bits per heavy atom. The molecule has 1 aromatic rings. The molecule has 1 aromatic carbocycles. The van der Waals surface area contributed by atoms with E-state index in [4.69, 9.17) is 5.26 Å². The van der Waals surface area contributed by atoms with E-state index < -0.39 is 11.0 Å². The fourth-order valence-corrected chi connectivity index (χ4v) is 1.81. The molecule has 0 N–H and O–H groups in total. The van der Waals surface area contributed by atoms with Crippen molar-refractivity contribution in [2.75, 3.05) is 11.9 Å². The van der Waals surface area contributed by atoms with Gasteiger partial charge in [-0.05, 0) is 6.08 Å². The molecule has 1 atom stereocenters. The molecule has 2 rings (SSSR count). The molecule has 16 heavy (non-hydrogen) atoms. The number of para-hydroxylation sites is 1. The third-order valence-electron chi connectivity index (χ3n) is 2.60. The van der Waals surface area contributed by atoms with Crippen molar-refractivity contribution >= 4 is 17.5 Å². The summed E-state index contributed by atoms with van der Waals surface area (Å²) < 4.78 is 0. The first-order valence-electron chi connectivity index (χ1n) is 4.73. The highest BCUT2D eigenvalue weighted by Gasteiger charge is 2.26. The van der Waals surface area contributed by atoms with E-state index in [1.807, 2.05) is 0 Å². The fraction of sp³-hybridized carbons (Fsp3) is 0.182. The number of anilines is 1. The van der Waals surface area contributed by atoms with Crippen LogP contribution < -0.4 is 4.90 Å². The van der Waals surface area contributed by atoms with Gasteiger partial charge in [0.2, 0.25) is 0 Å². The number of hydrogen-bond acceptors (Lipinski definition) is 4. The molecule has 0 aliphatic carbocycles. The lowest BCUT2D eigenvalue weighted by Crippen LogP contribution is -2.31. The van der Waals surface area contributed by atoms with Crippen LogP contribution in [0.25, 0.3) is 6.08 Å². The third kappa shape index (κ3) is 1.41. The van der Waals surface area contributed by atoms with Crippen molar-refractivity contribution in [3.63, 3.8) is 0 Å². The lowest BCUT2D eigenvalue weighted by atomic mass is 10.0. The molecule has 0 radical (unpaired) electrons. The van der Waals surface area contributed by atoms with Crippen LogP contribution in [0.2, 0.25) is 0 Å². The molecular formula is C11H9N3O2. The molecule has 0 saturated heterocycles. The fourth-order valence-electron chi connectivity index (χ4n) is 1.81. The summed E-state index contributed by atoms with van der Waals surface area (Å²) in [6.07, 6.45) is 3.47. The van der Waals surface area contributed by atoms with Gasteiger partial charge in [0.25, 0.3) is 5.69 Å². The smallest absolute Gasteiger partial charge is 0.293 e. The highest BCUT2D eigenvalue weighted by atomic mass is 16.6. The first kappa shape index (κ1) is 10.2. The van der Waals surface area contributed by atoms with E-state index in [2.05, 4.69) is 6.07 Å². The number of likely N-dealkylation sites (N-methyl/N-ethyl adjacent to an activating group) is 1. The number of fused-ring (bicyclic) bond motifs is 1. The number of nitro benzene ring substituents is 1. The first-order chi connectivity index (χ1) is 7.65. The molecular weight excluding hydrogens is 206 g/mol. The van der Waals surface area contributed by atoms with E-state index in [0.717, 1.165) is 5.56 Å². The normalized spacial score (nSPS) is 17.8. The summed E-state index contributed by atoms with van der Waals surface area (Å²) >= 11 is 0. The largest absolute Gasteiger partial charge is 0.350 e. The van der Waals surface area contributed by atoms with E-state index in [0.29, 0.717) is 5.69 Å². The predicted molar refractivity (Wildman–Crippen MR) is 59.9 cm³/mol. The summed E-state index contributed by atoms with van der Waals surface area (Å²) in [6.45, 7) is 0. The highest BCUT2D eigenvalue weighted by molar-refractivity contribution is 5.80. The summed E-state index contributed by atoms with van der Waals surface area (Å²) in [5.74, 6) is 0. The Morgan fingerprint density at radius 3 is 2.94 bits per heavy atom. The van der Waals surface area contributed by atoms with Crippen LogP contribution in [0.1, 0.15) is 5.56 Å². The Morgan fingerprint density at radius 2 is 2.31 bits per heavy atom. The van der Waals surface area contributed by atoms with E-state index >= 15 is 0 Å². The van der Waals surface area contributed by atoms with Gasteiger partial charge in [-0.15, -0.1) is 0 Å². The molecule has 5 nitrogen and oxygen atoms in total. The first-order valence-corrected chi connectivity index (χ1v) is 4.73. The van der Waals surface area contributed by atoms with Crippen molar-refractivity contribution in [3.8, 4) is 6.07 Å². The van der Waals surface area contributed by atoms with Crippen molar-refractivity contribution in [2.45, 2.75) is 6.04 Å². The molecule has 1 aliphatic heterocycles. The number of benzene rings is 1. The van der Waals surface area contributed by atoms with Crippen LogP contribution in [0.15, 0.2) is 24.3 Å². The van der Waals surface area contributed by atoms with Crippen molar-refractivity contribution in [1.29, 1.82) is 5.26 Å². The van der Waals surface area contributed by atoms with Crippen molar-refractivity contribution in [2.24, 2.45) is 0 Å². The topological polar surface area (TPSA) is 70.2 Å². The number of hydrogen-bond donors (Lipinski definition) is 0. The molecule has 0 spiro atoms. The van der Waals surface area contributed by atoms with Crippen LogP contribution in [0, 0.1) is 21.4 Å². The average molecular weight is 215 g/mol. The summed E-state index contributed by atoms with van der Waals surface area (Å²) in [5.41, 5.74) is 1.30. The van der Waals surface area contributed by atoms with Crippen LogP contribution in [0.5, 0.6) is 0 Å². The lowest BCUT2D eigenvalue weighted by molar-refractivity contribution is -0.384. The summed E-state index contributed by atoms with van der Waals surface area (Å²) in [5, 5.41) is 19.8. The van der Waals surface area contributed by atoms with Gasteiger partial charge in [-0.3, -0.25) is 10.1 Å². The summed E-state index contributed by atoms with van der Waals surface area (Å²) in [6, 6.07) is 6.51. The van der Waals surface area contributed by atoms with E-state index in [9.17, 15) is 10.1 Å². The zero-order valence-electron chi connectivity index (χ0n) is 8.62. The van der Waals surface area contributed by atoms with Crippen LogP contribution in [-0.4, -0.2) is 18.0 Å². The van der Waals surface area contributed by atoms with Crippen molar-refractivity contribution in [3.05, 3.63) is 40.0 Å². The standard InChI is InChI=1S/C11H9N3O2/c1-13-9(7-12)6-5-8-3-2-4-10(11(8)13)14(15)16/h2-6,9H,1H3. The van der Waals surface area contributed by atoms with E-state index in [1.165, 1.54) is 6.07 Å². The zero-order valence-corrected chi connectivity index (χ0v) is 8.62. The minimum atomic E-state index is -0.450. The molecule has 0 bridgehead atoms. The minimum absolute atomic E-state index is 0.0320. The van der Waals surface area contributed by atoms with E-state index in [1.54, 1.807) is 36.2 Å². The van der Waals surface area contributed by atoms with Crippen LogP contribution >= 0.6 is 0 Å². The van der Waals surface area contributed by atoms with Gasteiger partial charge in [0.1, 0.15) is 11.7 Å². The maximum atomic E-state index is 10.9. The summed E-state index contributed by atoms with van der Waals surface area (Å²) in [4.78, 5) is 12.1. The van der Waals surface area contributed by atoms with Gasteiger partial charge in [0, 0.05) is 18.7 Å². The Balaban J connectivity index is 2.63. The molecule has 0 saturated carbocycles. The maximum Gasteiger partial charge on any atom is 0.293 e. The Kier molecular flexibility index (Phi) is 2.33. The lowest BCUT2D eigenvalue weighted by Gasteiger charge is -2.27. The van der Waals surface area contributed by atoms with Gasteiger partial charge >= 0.3 is 0 Å². The molecule has 1 heterocycles. The molecule has 1 unspecified atom stereocenters. The van der Waals surface area contributed by atoms with Gasteiger partial charge in [-0.25, -0.2) is 0 Å². The average Bonchev–Trinajstić information content (AvgIpc) is 2.29. The second-order valence-corrected chi connectivity index (χ2v) is 3.52. The molecule has 5 heteroatoms. The minimum Gasteiger partial charge on any atom is -0.350 e. The van der Waals surface area contributed by atoms with Gasteiger partial charge in [0.05, 0.1) is 11.0 Å². The van der Waals surface area contributed by atoms with Crippen LogP contribution in [-0.2, 0) is 0 Å². The molecule has 0 fully saturated rings. The monoisotopic (exact) mass is 215 g/mol. The quantitative estimate of drug-likeness (QED) is 0.530. The van der Waals surface area contributed by atoms with Gasteiger partial charge in [-0.1, -0.05) is 18.2 Å². The highest BCUT2D eigenvalue weighted by Crippen LogP contribution is 2.35. The van der Waals surface area contributed by atoms with Gasteiger partial charge in [0.15, 0.2) is 0 Å². The molecule has 80 valence electrons. The Hall–Kier alpha value is -2.35. The Bertz CT molecular complexity index is 516. The zero-order chi connectivity index (χ0) is 11.7. The number of rotatable bonds is 1. The Labute approximate surface area is 92.4 Å². The number of nitrogens with zero attached hydrogens (tertiary/aromatic N) is 3. The van der Waals surface area contributed by atoms with Crippen LogP contribution in [0.4, 0.5) is 11.4 Å². The van der Waals surface area contributed by atoms with E-state index in [-0.39, 0.29) is 5.69 Å². The van der Waals surface area contributed by atoms with Gasteiger partial charge in [-0.2, -0.15) is 5.26 Å². The SMILES string of the molecule is CN1c2c(cccc2[N+](=O)[O-])C=CC1C#N. The van der Waals surface area contributed by atoms with Crippen molar-refractivity contribution in [1.82, 2.24) is 0 Å².